The van der Waals surface area contributed by atoms with Gasteiger partial charge in [-0.3, -0.25) is 9.59 Å². The van der Waals surface area contributed by atoms with E-state index in [1.165, 1.54) is 0 Å². The molecular formula is C15H18N2O2. The van der Waals surface area contributed by atoms with E-state index in [1.54, 1.807) is 11.8 Å². The smallest absolute Gasteiger partial charge is 0.253 e. The van der Waals surface area contributed by atoms with Gasteiger partial charge in [-0.2, -0.15) is 0 Å². The first-order valence-corrected chi connectivity index (χ1v) is 6.35. The van der Waals surface area contributed by atoms with E-state index in [2.05, 4.69) is 5.32 Å². The number of rotatable bonds is 3. The number of hydrogen-bond acceptors (Lipinski definition) is 2. The van der Waals surface area contributed by atoms with Crippen LogP contribution in [-0.4, -0.2) is 29.8 Å². The highest BCUT2D eigenvalue weighted by Gasteiger charge is 2.43. The molecule has 1 aromatic carbocycles. The monoisotopic (exact) mass is 258 g/mol. The fourth-order valence-corrected chi connectivity index (χ4v) is 2.28. The van der Waals surface area contributed by atoms with E-state index in [4.69, 9.17) is 0 Å². The largest absolute Gasteiger partial charge is 0.337 e. The van der Waals surface area contributed by atoms with Crippen molar-refractivity contribution in [3.63, 3.8) is 0 Å². The standard InChI is InChI=1S/C15H18N2O2/c1-3-4-10-17-11-13(18)16-15(2,14(17)19)12-8-6-5-7-9-12/h3-9H,10-11H2,1-2H3,(H,16,18)/b4-3+. The van der Waals surface area contributed by atoms with Gasteiger partial charge in [-0.15, -0.1) is 0 Å². The molecular weight excluding hydrogens is 240 g/mol. The Morgan fingerprint density at radius 1 is 1.32 bits per heavy atom. The summed E-state index contributed by atoms with van der Waals surface area (Å²) in [5, 5.41) is 2.81. The highest BCUT2D eigenvalue weighted by Crippen LogP contribution is 2.26. The Balaban J connectivity index is 2.33. The van der Waals surface area contributed by atoms with Crippen LogP contribution in [0.25, 0.3) is 0 Å². The first-order chi connectivity index (χ1) is 9.08. The van der Waals surface area contributed by atoms with Crippen LogP contribution in [0.3, 0.4) is 0 Å². The van der Waals surface area contributed by atoms with E-state index in [1.807, 2.05) is 49.4 Å². The third-order valence-corrected chi connectivity index (χ3v) is 3.35. The number of benzene rings is 1. The van der Waals surface area contributed by atoms with Gasteiger partial charge >= 0.3 is 0 Å². The maximum Gasteiger partial charge on any atom is 0.253 e. The van der Waals surface area contributed by atoms with Crippen LogP contribution in [0.4, 0.5) is 0 Å². The lowest BCUT2D eigenvalue weighted by atomic mass is 9.88. The molecule has 1 fully saturated rings. The molecule has 1 atom stereocenters. The van der Waals surface area contributed by atoms with Crippen LogP contribution in [0.1, 0.15) is 19.4 Å². The molecule has 1 aromatic rings. The molecule has 4 nitrogen and oxygen atoms in total. The van der Waals surface area contributed by atoms with Crippen molar-refractivity contribution in [2.24, 2.45) is 0 Å². The van der Waals surface area contributed by atoms with Gasteiger partial charge in [0.1, 0.15) is 5.54 Å². The van der Waals surface area contributed by atoms with Crippen molar-refractivity contribution in [2.45, 2.75) is 19.4 Å². The second-order valence-corrected chi connectivity index (χ2v) is 4.79. The third kappa shape index (κ3) is 2.52. The van der Waals surface area contributed by atoms with Gasteiger partial charge in [0, 0.05) is 6.54 Å². The molecule has 0 radical (unpaired) electrons. The SMILES string of the molecule is C/C=C/CN1CC(=O)NC(C)(c2ccccc2)C1=O. The topological polar surface area (TPSA) is 49.4 Å². The summed E-state index contributed by atoms with van der Waals surface area (Å²) in [6.45, 7) is 4.23. The summed E-state index contributed by atoms with van der Waals surface area (Å²) in [6, 6.07) is 9.34. The first kappa shape index (κ1) is 13.3. The minimum absolute atomic E-state index is 0.0728. The quantitative estimate of drug-likeness (QED) is 0.834. The fraction of sp³-hybridized carbons (Fsp3) is 0.333. The van der Waals surface area contributed by atoms with E-state index in [-0.39, 0.29) is 18.4 Å². The number of carbonyl (C=O) groups is 2. The van der Waals surface area contributed by atoms with Gasteiger partial charge in [0.05, 0.1) is 6.54 Å². The van der Waals surface area contributed by atoms with E-state index in [0.29, 0.717) is 6.54 Å². The van der Waals surface area contributed by atoms with Crippen molar-refractivity contribution in [2.75, 3.05) is 13.1 Å². The summed E-state index contributed by atoms with van der Waals surface area (Å²) in [6.07, 6.45) is 3.75. The van der Waals surface area contributed by atoms with Gasteiger partial charge in [0.2, 0.25) is 5.91 Å². The maximum absolute atomic E-state index is 12.6. The van der Waals surface area contributed by atoms with Crippen LogP contribution in [0.15, 0.2) is 42.5 Å². The zero-order valence-electron chi connectivity index (χ0n) is 11.2. The average Bonchev–Trinajstić information content (AvgIpc) is 2.42. The van der Waals surface area contributed by atoms with Crippen LogP contribution in [-0.2, 0) is 15.1 Å². The fourth-order valence-electron chi connectivity index (χ4n) is 2.28. The molecule has 1 saturated heterocycles. The average molecular weight is 258 g/mol. The van der Waals surface area contributed by atoms with Crippen molar-refractivity contribution in [3.05, 3.63) is 48.0 Å². The minimum Gasteiger partial charge on any atom is -0.337 e. The number of nitrogens with one attached hydrogen (secondary N) is 1. The number of allylic oxidation sites excluding steroid dienone is 1. The van der Waals surface area contributed by atoms with Crippen LogP contribution in [0, 0.1) is 0 Å². The van der Waals surface area contributed by atoms with Gasteiger partial charge < -0.3 is 10.2 Å². The van der Waals surface area contributed by atoms with Gasteiger partial charge in [-0.1, -0.05) is 42.5 Å². The summed E-state index contributed by atoms with van der Waals surface area (Å²) < 4.78 is 0. The van der Waals surface area contributed by atoms with Crippen molar-refractivity contribution in [1.82, 2.24) is 10.2 Å². The van der Waals surface area contributed by atoms with Crippen molar-refractivity contribution in [1.29, 1.82) is 0 Å². The Morgan fingerprint density at radius 3 is 2.63 bits per heavy atom. The molecule has 2 amide bonds. The lowest BCUT2D eigenvalue weighted by Crippen LogP contribution is -2.63. The van der Waals surface area contributed by atoms with Gasteiger partial charge in [-0.25, -0.2) is 0 Å². The van der Waals surface area contributed by atoms with Crippen molar-refractivity contribution >= 4 is 11.8 Å². The van der Waals surface area contributed by atoms with Crippen molar-refractivity contribution in [3.8, 4) is 0 Å². The van der Waals surface area contributed by atoms with Gasteiger partial charge in [0.15, 0.2) is 0 Å². The van der Waals surface area contributed by atoms with E-state index in [0.717, 1.165) is 5.56 Å². The zero-order chi connectivity index (χ0) is 13.9. The van der Waals surface area contributed by atoms with Crippen LogP contribution < -0.4 is 5.32 Å². The molecule has 1 heterocycles. The third-order valence-electron chi connectivity index (χ3n) is 3.35. The van der Waals surface area contributed by atoms with Gasteiger partial charge in [0.25, 0.3) is 5.91 Å². The number of amides is 2. The van der Waals surface area contributed by atoms with Crippen LogP contribution in [0.2, 0.25) is 0 Å². The lowest BCUT2D eigenvalue weighted by molar-refractivity contribution is -0.149. The molecule has 4 heteroatoms. The molecule has 0 saturated carbocycles. The van der Waals surface area contributed by atoms with E-state index < -0.39 is 5.54 Å². The molecule has 0 aromatic heterocycles. The summed E-state index contributed by atoms with van der Waals surface area (Å²) in [5.74, 6) is -0.202. The van der Waals surface area contributed by atoms with E-state index >= 15 is 0 Å². The van der Waals surface area contributed by atoms with Crippen molar-refractivity contribution < 1.29 is 9.59 Å². The molecule has 1 N–H and O–H groups in total. The van der Waals surface area contributed by atoms with Crippen LogP contribution in [0.5, 0.6) is 0 Å². The maximum atomic E-state index is 12.6. The second kappa shape index (κ2) is 5.26. The number of hydrogen-bond donors (Lipinski definition) is 1. The second-order valence-electron chi connectivity index (χ2n) is 4.79. The summed E-state index contributed by atoms with van der Waals surface area (Å²) in [5.41, 5.74) is -0.170. The predicted molar refractivity (Wildman–Crippen MR) is 73.3 cm³/mol. The molecule has 19 heavy (non-hydrogen) atoms. The molecule has 0 aliphatic carbocycles. The summed E-state index contributed by atoms with van der Waals surface area (Å²) in [7, 11) is 0. The highest BCUT2D eigenvalue weighted by atomic mass is 16.2. The highest BCUT2D eigenvalue weighted by molar-refractivity contribution is 5.98. The number of piperazine rings is 1. The molecule has 2 rings (SSSR count). The molecule has 1 aliphatic heterocycles. The van der Waals surface area contributed by atoms with E-state index in [9.17, 15) is 9.59 Å². The molecule has 1 aliphatic rings. The number of nitrogens with zero attached hydrogens (tertiary/aromatic N) is 1. The lowest BCUT2D eigenvalue weighted by Gasteiger charge is -2.39. The van der Waals surface area contributed by atoms with Gasteiger partial charge in [-0.05, 0) is 19.4 Å². The minimum atomic E-state index is -0.974. The zero-order valence-corrected chi connectivity index (χ0v) is 11.2. The molecule has 1 unspecified atom stereocenters. The normalized spacial score (nSPS) is 23.8. The Labute approximate surface area is 113 Å². The Morgan fingerprint density at radius 2 is 2.00 bits per heavy atom. The first-order valence-electron chi connectivity index (χ1n) is 6.35. The Hall–Kier alpha value is -2.10. The predicted octanol–water partition coefficient (Wildman–Crippen LogP) is 1.44. The molecule has 0 bridgehead atoms. The molecule has 0 spiro atoms. The summed E-state index contributed by atoms with van der Waals surface area (Å²) >= 11 is 0. The number of carbonyl (C=O) groups excluding carboxylic acids is 2. The Kier molecular flexibility index (Phi) is 3.69. The molecule has 100 valence electrons. The van der Waals surface area contributed by atoms with Crippen LogP contribution >= 0.6 is 0 Å². The Bertz CT molecular complexity index is 510. The summed E-state index contributed by atoms with van der Waals surface area (Å²) in [4.78, 5) is 26.0.